The monoisotopic (exact) mass is 326 g/mol. The third-order valence-corrected chi connectivity index (χ3v) is 6.55. The number of hydrogen-bond acceptors (Lipinski definition) is 3. The molecule has 2 rings (SSSR count). The summed E-state index contributed by atoms with van der Waals surface area (Å²) in [4.78, 5) is 7.04. The Labute approximate surface area is 140 Å². The van der Waals surface area contributed by atoms with E-state index in [0.717, 1.165) is 19.0 Å². The van der Waals surface area contributed by atoms with Crippen molar-refractivity contribution in [3.63, 3.8) is 0 Å². The Balaban J connectivity index is 1.79. The average Bonchev–Trinajstić information content (AvgIpc) is 3.14. The lowest BCUT2D eigenvalue weighted by Crippen LogP contribution is -2.50. The molecular formula is C17H34N4S. The van der Waals surface area contributed by atoms with Gasteiger partial charge in [-0.15, -0.1) is 0 Å². The van der Waals surface area contributed by atoms with Crippen LogP contribution in [0.4, 0.5) is 0 Å². The van der Waals surface area contributed by atoms with Crippen molar-refractivity contribution in [2.24, 2.45) is 10.9 Å². The first-order valence-electron chi connectivity index (χ1n) is 8.86. The maximum absolute atomic E-state index is 4.40. The highest BCUT2D eigenvalue weighted by Crippen LogP contribution is 2.36. The Kier molecular flexibility index (Phi) is 6.87. The van der Waals surface area contributed by atoms with Crippen LogP contribution in [0.25, 0.3) is 0 Å². The van der Waals surface area contributed by atoms with Crippen molar-refractivity contribution in [2.45, 2.75) is 57.2 Å². The predicted octanol–water partition coefficient (Wildman–Crippen LogP) is 2.56. The summed E-state index contributed by atoms with van der Waals surface area (Å²) in [6, 6.07) is 0.609. The molecule has 0 aliphatic carbocycles. The maximum atomic E-state index is 4.40. The molecule has 5 heteroatoms. The van der Waals surface area contributed by atoms with E-state index < -0.39 is 0 Å². The standard InChI is InChI=1S/C17H34N4S/c1-14(2)15(21-9-5-6-10-21)12-19-16(18-4)20-13-17(3)8-7-11-22-17/h14-15H,5-13H2,1-4H3,(H2,18,19,20). The van der Waals surface area contributed by atoms with E-state index in [1.807, 2.05) is 7.05 Å². The number of thioether (sulfide) groups is 1. The van der Waals surface area contributed by atoms with Crippen molar-refractivity contribution < 1.29 is 0 Å². The molecule has 2 aliphatic rings. The Morgan fingerprint density at radius 2 is 1.95 bits per heavy atom. The molecule has 2 aliphatic heterocycles. The van der Waals surface area contributed by atoms with Gasteiger partial charge in [-0.1, -0.05) is 13.8 Å². The van der Waals surface area contributed by atoms with Crippen molar-refractivity contribution in [1.82, 2.24) is 15.5 Å². The molecule has 0 bridgehead atoms. The molecule has 2 unspecified atom stereocenters. The van der Waals surface area contributed by atoms with Crippen LogP contribution in [-0.2, 0) is 0 Å². The molecule has 128 valence electrons. The van der Waals surface area contributed by atoms with Gasteiger partial charge in [0.1, 0.15) is 0 Å². The summed E-state index contributed by atoms with van der Waals surface area (Å²) in [6.45, 7) is 11.5. The molecule has 4 nitrogen and oxygen atoms in total. The van der Waals surface area contributed by atoms with E-state index in [-0.39, 0.29) is 0 Å². The maximum Gasteiger partial charge on any atom is 0.191 e. The molecule has 0 aromatic heterocycles. The fraction of sp³-hybridized carbons (Fsp3) is 0.941. The minimum atomic E-state index is 0.379. The number of nitrogens with one attached hydrogen (secondary N) is 2. The minimum absolute atomic E-state index is 0.379. The summed E-state index contributed by atoms with van der Waals surface area (Å²) >= 11 is 2.09. The van der Waals surface area contributed by atoms with Crippen LogP contribution in [0.5, 0.6) is 0 Å². The summed E-state index contributed by atoms with van der Waals surface area (Å²) in [7, 11) is 1.87. The van der Waals surface area contributed by atoms with Crippen molar-refractivity contribution in [3.8, 4) is 0 Å². The molecule has 2 atom stereocenters. The summed E-state index contributed by atoms with van der Waals surface area (Å²) in [5.41, 5.74) is 0. The van der Waals surface area contributed by atoms with Crippen LogP contribution in [0.15, 0.2) is 4.99 Å². The first-order chi connectivity index (χ1) is 10.5. The molecule has 2 heterocycles. The van der Waals surface area contributed by atoms with Gasteiger partial charge in [-0.05, 0) is 57.4 Å². The van der Waals surface area contributed by atoms with Crippen molar-refractivity contribution >= 4 is 17.7 Å². The van der Waals surface area contributed by atoms with E-state index in [2.05, 4.69) is 53.1 Å². The summed E-state index contributed by atoms with van der Waals surface area (Å²) in [6.07, 6.45) is 5.36. The summed E-state index contributed by atoms with van der Waals surface area (Å²) in [5, 5.41) is 7.09. The van der Waals surface area contributed by atoms with Crippen LogP contribution < -0.4 is 10.6 Å². The smallest absolute Gasteiger partial charge is 0.191 e. The van der Waals surface area contributed by atoms with Gasteiger partial charge in [0.2, 0.25) is 0 Å². The van der Waals surface area contributed by atoms with Gasteiger partial charge in [-0.3, -0.25) is 9.89 Å². The summed E-state index contributed by atoms with van der Waals surface area (Å²) < 4.78 is 0.379. The van der Waals surface area contributed by atoms with Gasteiger partial charge in [0.15, 0.2) is 5.96 Å². The zero-order valence-electron chi connectivity index (χ0n) is 14.8. The lowest BCUT2D eigenvalue weighted by Gasteiger charge is -2.32. The highest BCUT2D eigenvalue weighted by atomic mass is 32.2. The highest BCUT2D eigenvalue weighted by molar-refractivity contribution is 8.00. The number of rotatable bonds is 6. The quantitative estimate of drug-likeness (QED) is 0.581. The predicted molar refractivity (Wildman–Crippen MR) is 98.9 cm³/mol. The normalized spacial score (nSPS) is 28.3. The Morgan fingerprint density at radius 3 is 2.50 bits per heavy atom. The van der Waals surface area contributed by atoms with E-state index in [4.69, 9.17) is 0 Å². The second kappa shape index (κ2) is 8.44. The first-order valence-corrected chi connectivity index (χ1v) is 9.85. The van der Waals surface area contributed by atoms with Gasteiger partial charge >= 0.3 is 0 Å². The van der Waals surface area contributed by atoms with Crippen molar-refractivity contribution in [3.05, 3.63) is 0 Å². The van der Waals surface area contributed by atoms with Crippen molar-refractivity contribution in [1.29, 1.82) is 0 Å². The number of likely N-dealkylation sites (tertiary alicyclic amines) is 1. The second-order valence-corrected chi connectivity index (χ2v) is 8.95. The number of guanidine groups is 1. The van der Waals surface area contributed by atoms with Gasteiger partial charge in [0.25, 0.3) is 0 Å². The fourth-order valence-electron chi connectivity index (χ4n) is 3.53. The molecular weight excluding hydrogens is 292 g/mol. The summed E-state index contributed by atoms with van der Waals surface area (Å²) in [5.74, 6) is 2.93. The van der Waals surface area contributed by atoms with E-state index in [1.54, 1.807) is 0 Å². The third-order valence-electron chi connectivity index (χ3n) is 5.01. The van der Waals surface area contributed by atoms with Crippen LogP contribution >= 0.6 is 11.8 Å². The van der Waals surface area contributed by atoms with E-state index >= 15 is 0 Å². The second-order valence-electron chi connectivity index (χ2n) is 7.26. The Hall–Kier alpha value is -0.420. The Morgan fingerprint density at radius 1 is 1.23 bits per heavy atom. The molecule has 0 aromatic carbocycles. The zero-order chi connectivity index (χ0) is 16.0. The van der Waals surface area contributed by atoms with Crippen LogP contribution in [0.2, 0.25) is 0 Å². The average molecular weight is 327 g/mol. The molecule has 2 saturated heterocycles. The van der Waals surface area contributed by atoms with Crippen LogP contribution in [0.1, 0.15) is 46.5 Å². The molecule has 0 radical (unpaired) electrons. The fourth-order valence-corrected chi connectivity index (χ4v) is 4.77. The molecule has 0 aromatic rings. The van der Waals surface area contributed by atoms with Gasteiger partial charge in [0, 0.05) is 30.9 Å². The third kappa shape index (κ3) is 5.05. The topological polar surface area (TPSA) is 39.7 Å². The molecule has 22 heavy (non-hydrogen) atoms. The van der Waals surface area contributed by atoms with Gasteiger partial charge in [-0.2, -0.15) is 11.8 Å². The molecule has 2 fully saturated rings. The van der Waals surface area contributed by atoms with Crippen molar-refractivity contribution in [2.75, 3.05) is 39.0 Å². The van der Waals surface area contributed by atoms with Gasteiger partial charge < -0.3 is 10.6 Å². The van der Waals surface area contributed by atoms with Crippen LogP contribution in [0, 0.1) is 5.92 Å². The zero-order valence-corrected chi connectivity index (χ0v) is 15.6. The molecule has 0 amide bonds. The van der Waals surface area contributed by atoms with E-state index in [9.17, 15) is 0 Å². The van der Waals surface area contributed by atoms with E-state index in [0.29, 0.717) is 16.7 Å². The lowest BCUT2D eigenvalue weighted by atomic mass is 10.0. The van der Waals surface area contributed by atoms with E-state index in [1.165, 1.54) is 44.5 Å². The SMILES string of the molecule is CN=C(NCC(C(C)C)N1CCCC1)NCC1(C)CCCS1. The van der Waals surface area contributed by atoms with Crippen LogP contribution in [0.3, 0.4) is 0 Å². The number of nitrogens with zero attached hydrogens (tertiary/aromatic N) is 2. The lowest BCUT2D eigenvalue weighted by molar-refractivity contribution is 0.192. The number of hydrogen-bond donors (Lipinski definition) is 2. The van der Waals surface area contributed by atoms with Gasteiger partial charge in [0.05, 0.1) is 0 Å². The van der Waals surface area contributed by atoms with Gasteiger partial charge in [-0.25, -0.2) is 0 Å². The Bertz CT molecular complexity index is 358. The number of aliphatic imine (C=N–C) groups is 1. The molecule has 0 spiro atoms. The first kappa shape index (κ1) is 17.9. The molecule has 0 saturated carbocycles. The highest BCUT2D eigenvalue weighted by Gasteiger charge is 2.29. The van der Waals surface area contributed by atoms with Crippen LogP contribution in [-0.4, -0.2) is 60.6 Å². The minimum Gasteiger partial charge on any atom is -0.355 e. The molecule has 2 N–H and O–H groups in total. The largest absolute Gasteiger partial charge is 0.355 e.